The van der Waals surface area contributed by atoms with E-state index < -0.39 is 0 Å². The lowest BCUT2D eigenvalue weighted by Crippen LogP contribution is -2.50. The molecule has 3 heteroatoms. The van der Waals surface area contributed by atoms with Crippen molar-refractivity contribution in [2.75, 3.05) is 19.7 Å². The molecule has 1 unspecified atom stereocenters. The lowest BCUT2D eigenvalue weighted by Gasteiger charge is -2.44. The molecule has 1 aliphatic carbocycles. The van der Waals surface area contributed by atoms with Crippen LogP contribution in [0.1, 0.15) is 72.6 Å². The maximum Gasteiger partial charge on any atom is 0.0697 e. The molecule has 1 heterocycles. The highest BCUT2D eigenvalue weighted by Gasteiger charge is 2.38. The molecular weight excluding hydrogens is 260 g/mol. The molecule has 3 nitrogen and oxygen atoms in total. The van der Waals surface area contributed by atoms with Gasteiger partial charge < -0.3 is 10.1 Å². The van der Waals surface area contributed by atoms with Gasteiger partial charge >= 0.3 is 0 Å². The van der Waals surface area contributed by atoms with E-state index >= 15 is 0 Å². The van der Waals surface area contributed by atoms with Gasteiger partial charge in [0, 0.05) is 37.8 Å². The molecule has 124 valence electrons. The van der Waals surface area contributed by atoms with Gasteiger partial charge in [0.15, 0.2) is 0 Å². The Kier molecular flexibility index (Phi) is 6.51. The minimum absolute atomic E-state index is 0.226. The van der Waals surface area contributed by atoms with Crippen molar-refractivity contribution in [2.24, 2.45) is 0 Å². The Labute approximate surface area is 131 Å². The van der Waals surface area contributed by atoms with Gasteiger partial charge in [-0.15, -0.1) is 0 Å². The molecule has 0 bridgehead atoms. The van der Waals surface area contributed by atoms with Crippen molar-refractivity contribution >= 4 is 0 Å². The molecule has 1 atom stereocenters. The summed E-state index contributed by atoms with van der Waals surface area (Å²) in [5, 5.41) is 3.81. The minimum atomic E-state index is 0.226. The van der Waals surface area contributed by atoms with Gasteiger partial charge in [-0.05, 0) is 53.4 Å². The van der Waals surface area contributed by atoms with Crippen LogP contribution in [0.5, 0.6) is 0 Å². The number of hydrogen-bond donors (Lipinski definition) is 1. The molecule has 0 radical (unpaired) electrons. The molecule has 1 spiro atoms. The summed E-state index contributed by atoms with van der Waals surface area (Å²) in [6, 6.07) is 1.93. The monoisotopic (exact) mass is 296 g/mol. The van der Waals surface area contributed by atoms with E-state index in [0.29, 0.717) is 18.1 Å². The van der Waals surface area contributed by atoms with Crippen LogP contribution < -0.4 is 5.32 Å². The van der Waals surface area contributed by atoms with Crippen LogP contribution in [0.25, 0.3) is 0 Å². The quantitative estimate of drug-likeness (QED) is 0.811. The predicted molar refractivity (Wildman–Crippen MR) is 89.8 cm³/mol. The molecule has 1 N–H and O–H groups in total. The van der Waals surface area contributed by atoms with Crippen LogP contribution in [0.4, 0.5) is 0 Å². The van der Waals surface area contributed by atoms with Crippen LogP contribution in [0, 0.1) is 0 Å². The fraction of sp³-hybridized carbons (Fsp3) is 1.00. The average Bonchev–Trinajstić information content (AvgIpc) is 2.43. The van der Waals surface area contributed by atoms with Crippen LogP contribution >= 0.6 is 0 Å². The smallest absolute Gasteiger partial charge is 0.0697 e. The normalized spacial score (nSPS) is 26.1. The second kappa shape index (κ2) is 7.94. The second-order valence-electron chi connectivity index (χ2n) is 7.66. The summed E-state index contributed by atoms with van der Waals surface area (Å²) in [5.74, 6) is 0. The predicted octanol–water partition coefficient (Wildman–Crippen LogP) is 3.58. The zero-order chi connectivity index (χ0) is 15.3. The molecular formula is C18H36N2O. The largest absolute Gasteiger partial charge is 0.375 e. The van der Waals surface area contributed by atoms with Crippen molar-refractivity contribution in [1.29, 1.82) is 0 Å². The van der Waals surface area contributed by atoms with Crippen LogP contribution in [0.3, 0.4) is 0 Å². The summed E-state index contributed by atoms with van der Waals surface area (Å²) in [6.07, 6.45) is 9.12. The minimum Gasteiger partial charge on any atom is -0.375 e. The van der Waals surface area contributed by atoms with Crippen molar-refractivity contribution in [1.82, 2.24) is 10.2 Å². The van der Waals surface area contributed by atoms with Gasteiger partial charge in [-0.3, -0.25) is 4.90 Å². The lowest BCUT2D eigenvalue weighted by atomic mass is 9.78. The summed E-state index contributed by atoms with van der Waals surface area (Å²) in [6.45, 7) is 12.4. The fourth-order valence-electron chi connectivity index (χ4n) is 4.26. The molecule has 2 fully saturated rings. The molecule has 21 heavy (non-hydrogen) atoms. The van der Waals surface area contributed by atoms with Crippen LogP contribution in [-0.2, 0) is 4.74 Å². The van der Waals surface area contributed by atoms with Crippen molar-refractivity contribution < 1.29 is 4.74 Å². The molecule has 0 aromatic heterocycles. The van der Waals surface area contributed by atoms with Crippen molar-refractivity contribution in [3.05, 3.63) is 0 Å². The van der Waals surface area contributed by atoms with Gasteiger partial charge in [-0.1, -0.05) is 19.3 Å². The first kappa shape index (κ1) is 17.2. The SMILES string of the molecule is CC(C)N(CCNC1CCOC2(CCCCC2)C1)C(C)C. The molecule has 2 rings (SSSR count). The summed E-state index contributed by atoms with van der Waals surface area (Å²) in [4.78, 5) is 2.57. The van der Waals surface area contributed by atoms with E-state index in [2.05, 4.69) is 37.9 Å². The van der Waals surface area contributed by atoms with E-state index in [1.807, 2.05) is 0 Å². The van der Waals surface area contributed by atoms with Crippen LogP contribution in [0.2, 0.25) is 0 Å². The highest BCUT2D eigenvalue weighted by Crippen LogP contribution is 2.38. The van der Waals surface area contributed by atoms with Gasteiger partial charge in [0.1, 0.15) is 0 Å². The third kappa shape index (κ3) is 4.94. The third-order valence-corrected chi connectivity index (χ3v) is 5.39. The first-order valence-electron chi connectivity index (χ1n) is 9.15. The standard InChI is InChI=1S/C18H36N2O/c1-15(2)20(16(3)4)12-11-19-17-8-13-21-18(14-17)9-6-5-7-10-18/h15-17,19H,5-14H2,1-4H3. The van der Waals surface area contributed by atoms with Crippen LogP contribution in [0.15, 0.2) is 0 Å². The summed E-state index contributed by atoms with van der Waals surface area (Å²) < 4.78 is 6.19. The van der Waals surface area contributed by atoms with Gasteiger partial charge in [0.25, 0.3) is 0 Å². The second-order valence-corrected chi connectivity index (χ2v) is 7.66. The number of nitrogens with zero attached hydrogens (tertiary/aromatic N) is 1. The zero-order valence-corrected chi connectivity index (χ0v) is 14.7. The third-order valence-electron chi connectivity index (χ3n) is 5.39. The highest BCUT2D eigenvalue weighted by molar-refractivity contribution is 4.92. The Balaban J connectivity index is 1.75. The number of nitrogens with one attached hydrogen (secondary N) is 1. The topological polar surface area (TPSA) is 24.5 Å². The fourth-order valence-corrected chi connectivity index (χ4v) is 4.26. The molecule has 1 saturated carbocycles. The maximum atomic E-state index is 6.19. The molecule has 2 aliphatic rings. The summed E-state index contributed by atoms with van der Waals surface area (Å²) >= 11 is 0. The van der Waals surface area contributed by atoms with E-state index in [-0.39, 0.29) is 5.60 Å². The Bertz CT molecular complexity index is 284. The number of ether oxygens (including phenoxy) is 1. The molecule has 0 aromatic carbocycles. The van der Waals surface area contributed by atoms with E-state index in [1.54, 1.807) is 0 Å². The van der Waals surface area contributed by atoms with Crippen LogP contribution in [-0.4, -0.2) is 48.3 Å². The van der Waals surface area contributed by atoms with Gasteiger partial charge in [0.2, 0.25) is 0 Å². The zero-order valence-electron chi connectivity index (χ0n) is 14.7. The summed E-state index contributed by atoms with van der Waals surface area (Å²) in [5.41, 5.74) is 0.226. The van der Waals surface area contributed by atoms with E-state index in [4.69, 9.17) is 4.74 Å². The average molecular weight is 296 g/mol. The molecule has 1 aliphatic heterocycles. The van der Waals surface area contributed by atoms with Gasteiger partial charge in [0.05, 0.1) is 5.60 Å². The van der Waals surface area contributed by atoms with Gasteiger partial charge in [-0.25, -0.2) is 0 Å². The number of rotatable bonds is 6. The lowest BCUT2D eigenvalue weighted by molar-refractivity contribution is -0.109. The molecule has 0 aromatic rings. The van der Waals surface area contributed by atoms with E-state index in [0.717, 1.165) is 19.7 Å². The Morgan fingerprint density at radius 2 is 1.76 bits per heavy atom. The van der Waals surface area contributed by atoms with E-state index in [9.17, 15) is 0 Å². The highest BCUT2D eigenvalue weighted by atomic mass is 16.5. The maximum absolute atomic E-state index is 6.19. The van der Waals surface area contributed by atoms with Crippen molar-refractivity contribution in [2.45, 2.75) is 96.4 Å². The summed E-state index contributed by atoms with van der Waals surface area (Å²) in [7, 11) is 0. The Morgan fingerprint density at radius 3 is 2.38 bits per heavy atom. The molecule has 1 saturated heterocycles. The Hall–Kier alpha value is -0.120. The number of hydrogen-bond acceptors (Lipinski definition) is 3. The van der Waals surface area contributed by atoms with E-state index in [1.165, 1.54) is 44.9 Å². The molecule has 0 amide bonds. The van der Waals surface area contributed by atoms with Crippen molar-refractivity contribution in [3.8, 4) is 0 Å². The Morgan fingerprint density at radius 1 is 1.10 bits per heavy atom. The van der Waals surface area contributed by atoms with Gasteiger partial charge in [-0.2, -0.15) is 0 Å². The van der Waals surface area contributed by atoms with Crippen molar-refractivity contribution in [3.63, 3.8) is 0 Å². The first-order chi connectivity index (χ1) is 10.0. The first-order valence-corrected chi connectivity index (χ1v) is 9.15.